The van der Waals surface area contributed by atoms with Gasteiger partial charge < -0.3 is 15.6 Å². The molecular formula is C25H23NO3. The first-order valence-electron chi connectivity index (χ1n) is 9.26. The second-order valence-corrected chi connectivity index (χ2v) is 6.68. The van der Waals surface area contributed by atoms with Gasteiger partial charge in [0.15, 0.2) is 0 Å². The predicted octanol–water partition coefficient (Wildman–Crippen LogP) is 5.32. The van der Waals surface area contributed by atoms with Crippen LogP contribution < -0.4 is 10.5 Å². The lowest BCUT2D eigenvalue weighted by Gasteiger charge is -2.14. The van der Waals surface area contributed by atoms with E-state index in [9.17, 15) is 9.90 Å². The third-order valence-corrected chi connectivity index (χ3v) is 4.50. The number of rotatable bonds is 7. The molecule has 0 amide bonds. The predicted molar refractivity (Wildman–Crippen MR) is 117 cm³/mol. The second kappa shape index (κ2) is 8.93. The highest BCUT2D eigenvalue weighted by atomic mass is 16.5. The van der Waals surface area contributed by atoms with Gasteiger partial charge in [-0.15, -0.1) is 13.2 Å². The van der Waals surface area contributed by atoms with Crippen molar-refractivity contribution in [2.75, 3.05) is 5.73 Å². The average molecular weight is 385 g/mol. The smallest absolute Gasteiger partial charge is 0.343 e. The number of ether oxygens (including phenoxy) is 1. The van der Waals surface area contributed by atoms with Gasteiger partial charge in [-0.25, -0.2) is 4.79 Å². The normalized spacial score (nSPS) is 10.3. The Morgan fingerprint density at radius 1 is 0.897 bits per heavy atom. The fourth-order valence-corrected chi connectivity index (χ4v) is 3.04. The van der Waals surface area contributed by atoms with Crippen LogP contribution in [0.2, 0.25) is 0 Å². The van der Waals surface area contributed by atoms with E-state index in [4.69, 9.17) is 10.5 Å². The highest BCUT2D eigenvalue weighted by Crippen LogP contribution is 2.38. The monoisotopic (exact) mass is 385 g/mol. The standard InChI is InChI=1S/C25H23NO3/c1-3-5-17-7-13-23(27)21(15-17)22-16-18(6-4-2)8-14-24(22)29-25(28)19-9-11-20(26)12-10-19/h3-4,7-16,27H,1-2,5-6,26H2. The minimum atomic E-state index is -0.496. The minimum Gasteiger partial charge on any atom is -0.507 e. The number of esters is 1. The number of benzene rings is 3. The van der Waals surface area contributed by atoms with E-state index in [-0.39, 0.29) is 5.75 Å². The van der Waals surface area contributed by atoms with E-state index in [1.165, 1.54) is 0 Å². The van der Waals surface area contributed by atoms with E-state index in [2.05, 4.69) is 13.2 Å². The van der Waals surface area contributed by atoms with Crippen molar-refractivity contribution in [2.45, 2.75) is 12.8 Å². The van der Waals surface area contributed by atoms with Crippen molar-refractivity contribution in [3.8, 4) is 22.6 Å². The molecule has 0 aliphatic rings. The molecule has 3 N–H and O–H groups in total. The van der Waals surface area contributed by atoms with Crippen LogP contribution in [0.15, 0.2) is 86.0 Å². The highest BCUT2D eigenvalue weighted by Gasteiger charge is 2.16. The van der Waals surface area contributed by atoms with Gasteiger partial charge >= 0.3 is 5.97 Å². The molecular weight excluding hydrogens is 362 g/mol. The molecule has 0 saturated carbocycles. The molecule has 0 atom stereocenters. The third kappa shape index (κ3) is 4.74. The Labute approximate surface area is 170 Å². The number of nitrogens with two attached hydrogens (primary N) is 1. The van der Waals surface area contributed by atoms with Gasteiger partial charge in [-0.1, -0.05) is 24.3 Å². The second-order valence-electron chi connectivity index (χ2n) is 6.68. The minimum absolute atomic E-state index is 0.110. The number of carbonyl (C=O) groups excluding carboxylic acids is 1. The summed E-state index contributed by atoms with van der Waals surface area (Å²) in [4.78, 5) is 12.6. The summed E-state index contributed by atoms with van der Waals surface area (Å²) in [5, 5.41) is 10.5. The van der Waals surface area contributed by atoms with Crippen molar-refractivity contribution in [3.05, 3.63) is 103 Å². The summed E-state index contributed by atoms with van der Waals surface area (Å²) in [6.45, 7) is 7.54. The van der Waals surface area contributed by atoms with E-state index in [1.807, 2.05) is 24.3 Å². The SMILES string of the molecule is C=CCc1ccc(O)c(-c2cc(CC=C)ccc2OC(=O)c2ccc(N)cc2)c1. The maximum Gasteiger partial charge on any atom is 0.343 e. The van der Waals surface area contributed by atoms with Gasteiger partial charge in [-0.05, 0) is 72.5 Å². The van der Waals surface area contributed by atoms with Crippen molar-refractivity contribution < 1.29 is 14.6 Å². The lowest BCUT2D eigenvalue weighted by Crippen LogP contribution is -2.09. The molecule has 0 aliphatic carbocycles. The molecule has 0 radical (unpaired) electrons. The van der Waals surface area contributed by atoms with Gasteiger partial charge in [-0.2, -0.15) is 0 Å². The summed E-state index contributed by atoms with van der Waals surface area (Å²) in [5.41, 5.74) is 9.87. The summed E-state index contributed by atoms with van der Waals surface area (Å²) in [5.74, 6) is -0.0199. The number of phenols is 1. The highest BCUT2D eigenvalue weighted by molar-refractivity contribution is 5.92. The van der Waals surface area contributed by atoms with Gasteiger partial charge in [0.1, 0.15) is 11.5 Å². The number of phenolic OH excluding ortho intramolecular Hbond substituents is 1. The summed E-state index contributed by atoms with van der Waals surface area (Å²) in [6, 6.07) is 17.4. The molecule has 0 bridgehead atoms. The largest absolute Gasteiger partial charge is 0.507 e. The van der Waals surface area contributed by atoms with Crippen LogP contribution in [0.25, 0.3) is 11.1 Å². The summed E-state index contributed by atoms with van der Waals surface area (Å²) >= 11 is 0. The van der Waals surface area contributed by atoms with E-state index < -0.39 is 5.97 Å². The zero-order valence-corrected chi connectivity index (χ0v) is 16.1. The zero-order chi connectivity index (χ0) is 20.8. The van der Waals surface area contributed by atoms with Crippen LogP contribution >= 0.6 is 0 Å². The van der Waals surface area contributed by atoms with E-state index in [0.29, 0.717) is 41.0 Å². The van der Waals surface area contributed by atoms with Crippen LogP contribution in [0.1, 0.15) is 21.5 Å². The molecule has 29 heavy (non-hydrogen) atoms. The molecule has 3 rings (SSSR count). The number of hydrogen-bond donors (Lipinski definition) is 2. The summed E-state index contributed by atoms with van der Waals surface area (Å²) < 4.78 is 5.68. The number of nitrogen functional groups attached to an aromatic ring is 1. The fraction of sp³-hybridized carbons (Fsp3) is 0.0800. The van der Waals surface area contributed by atoms with Crippen LogP contribution in [0.3, 0.4) is 0 Å². The molecule has 0 spiro atoms. The molecule has 4 nitrogen and oxygen atoms in total. The van der Waals surface area contributed by atoms with Crippen molar-refractivity contribution in [1.82, 2.24) is 0 Å². The molecule has 3 aromatic rings. The number of hydrogen-bond acceptors (Lipinski definition) is 4. The van der Waals surface area contributed by atoms with E-state index in [1.54, 1.807) is 48.6 Å². The molecule has 0 aliphatic heterocycles. The zero-order valence-electron chi connectivity index (χ0n) is 16.1. The van der Waals surface area contributed by atoms with E-state index in [0.717, 1.165) is 11.1 Å². The third-order valence-electron chi connectivity index (χ3n) is 4.50. The Morgan fingerprint density at radius 3 is 2.10 bits per heavy atom. The van der Waals surface area contributed by atoms with Crippen LogP contribution in [-0.4, -0.2) is 11.1 Å². The van der Waals surface area contributed by atoms with E-state index >= 15 is 0 Å². The lowest BCUT2D eigenvalue weighted by atomic mass is 9.97. The van der Waals surface area contributed by atoms with Gasteiger partial charge in [0.05, 0.1) is 5.56 Å². The Hall–Kier alpha value is -3.79. The maximum atomic E-state index is 12.6. The van der Waals surface area contributed by atoms with Gasteiger partial charge in [0.2, 0.25) is 0 Å². The van der Waals surface area contributed by atoms with Crippen molar-refractivity contribution in [2.24, 2.45) is 0 Å². The van der Waals surface area contributed by atoms with Crippen molar-refractivity contribution in [1.29, 1.82) is 0 Å². The number of anilines is 1. The number of aromatic hydroxyl groups is 1. The van der Waals surface area contributed by atoms with Crippen LogP contribution in [0, 0.1) is 0 Å². The first-order chi connectivity index (χ1) is 14.0. The van der Waals surface area contributed by atoms with Crippen LogP contribution in [0.4, 0.5) is 5.69 Å². The first kappa shape index (κ1) is 20.0. The molecule has 4 heteroatoms. The van der Waals surface area contributed by atoms with Crippen LogP contribution in [-0.2, 0) is 12.8 Å². The topological polar surface area (TPSA) is 72.5 Å². The Kier molecular flexibility index (Phi) is 6.15. The molecule has 0 unspecified atom stereocenters. The van der Waals surface area contributed by atoms with Gasteiger partial charge in [0.25, 0.3) is 0 Å². The molecule has 3 aromatic carbocycles. The van der Waals surface area contributed by atoms with Gasteiger partial charge in [-0.3, -0.25) is 0 Å². The average Bonchev–Trinajstić information content (AvgIpc) is 2.71. The molecule has 0 heterocycles. The molecule has 146 valence electrons. The lowest BCUT2D eigenvalue weighted by molar-refractivity contribution is 0.0735. The summed E-state index contributed by atoms with van der Waals surface area (Å²) in [7, 11) is 0. The molecule has 0 fully saturated rings. The quantitative estimate of drug-likeness (QED) is 0.250. The fourth-order valence-electron chi connectivity index (χ4n) is 3.04. The van der Waals surface area contributed by atoms with Gasteiger partial charge in [0, 0.05) is 16.8 Å². The number of carbonyl (C=O) groups is 1. The van der Waals surface area contributed by atoms with Crippen LogP contribution in [0.5, 0.6) is 11.5 Å². The Balaban J connectivity index is 2.05. The summed E-state index contributed by atoms with van der Waals surface area (Å²) in [6.07, 6.45) is 4.92. The molecule has 0 aromatic heterocycles. The Bertz CT molecular complexity index is 1050. The number of allylic oxidation sites excluding steroid dienone is 2. The molecule has 0 saturated heterocycles. The Morgan fingerprint density at radius 2 is 1.48 bits per heavy atom. The first-order valence-corrected chi connectivity index (χ1v) is 9.26. The van der Waals surface area contributed by atoms with Crippen molar-refractivity contribution >= 4 is 11.7 Å². The van der Waals surface area contributed by atoms with Crippen molar-refractivity contribution in [3.63, 3.8) is 0 Å². The maximum absolute atomic E-state index is 12.6.